The summed E-state index contributed by atoms with van der Waals surface area (Å²) in [5.74, 6) is 0.100. The molecule has 0 atom stereocenters. The van der Waals surface area contributed by atoms with Crippen LogP contribution < -0.4 is 10.1 Å². The fraction of sp³-hybridized carbons (Fsp3) is 0.263. The molecule has 0 aromatic heterocycles. The summed E-state index contributed by atoms with van der Waals surface area (Å²) in [5.41, 5.74) is 0.908. The van der Waals surface area contributed by atoms with Gasteiger partial charge in [-0.2, -0.15) is 0 Å². The zero-order valence-corrected chi connectivity index (χ0v) is 16.1. The molecular formula is C19H20Cl2N2O3. The summed E-state index contributed by atoms with van der Waals surface area (Å²) in [4.78, 5) is 26.6. The number of ether oxygens (including phenoxy) is 1. The first kappa shape index (κ1) is 20.1. The van der Waals surface area contributed by atoms with E-state index in [0.717, 1.165) is 6.42 Å². The first-order chi connectivity index (χ1) is 12.4. The van der Waals surface area contributed by atoms with Crippen molar-refractivity contribution in [2.45, 2.75) is 13.3 Å². The lowest BCUT2D eigenvalue weighted by molar-refractivity contribution is -0.116. The smallest absolute Gasteiger partial charge is 0.254 e. The lowest BCUT2D eigenvalue weighted by Crippen LogP contribution is -2.38. The normalized spacial score (nSPS) is 10.3. The van der Waals surface area contributed by atoms with Gasteiger partial charge in [0.25, 0.3) is 5.91 Å². The molecule has 0 saturated carbocycles. The van der Waals surface area contributed by atoms with Crippen molar-refractivity contribution in [1.82, 2.24) is 4.90 Å². The number of carbonyl (C=O) groups is 2. The number of methoxy groups -OCH3 is 1. The Morgan fingerprint density at radius 2 is 1.81 bits per heavy atom. The Labute approximate surface area is 162 Å². The molecule has 0 aliphatic heterocycles. The van der Waals surface area contributed by atoms with Gasteiger partial charge in [-0.15, -0.1) is 0 Å². The molecule has 0 radical (unpaired) electrons. The molecule has 2 rings (SSSR count). The molecule has 0 heterocycles. The molecule has 2 amide bonds. The molecule has 2 aromatic carbocycles. The molecule has 2 aromatic rings. The molecule has 0 aliphatic rings. The number of anilines is 1. The van der Waals surface area contributed by atoms with Crippen LogP contribution >= 0.6 is 23.2 Å². The summed E-state index contributed by atoms with van der Waals surface area (Å²) in [6, 6.07) is 11.6. The highest BCUT2D eigenvalue weighted by atomic mass is 35.5. The van der Waals surface area contributed by atoms with Crippen molar-refractivity contribution in [3.63, 3.8) is 0 Å². The van der Waals surface area contributed by atoms with Crippen molar-refractivity contribution in [2.24, 2.45) is 0 Å². The molecule has 7 heteroatoms. The topological polar surface area (TPSA) is 58.6 Å². The van der Waals surface area contributed by atoms with Gasteiger partial charge >= 0.3 is 0 Å². The van der Waals surface area contributed by atoms with Gasteiger partial charge in [0.2, 0.25) is 5.91 Å². The van der Waals surface area contributed by atoms with Crippen molar-refractivity contribution in [1.29, 1.82) is 0 Å². The zero-order valence-electron chi connectivity index (χ0n) is 14.6. The van der Waals surface area contributed by atoms with Crippen molar-refractivity contribution >= 4 is 40.7 Å². The van der Waals surface area contributed by atoms with Crippen molar-refractivity contribution in [2.75, 3.05) is 25.5 Å². The third-order valence-electron chi connectivity index (χ3n) is 3.65. The van der Waals surface area contributed by atoms with Crippen LogP contribution in [0.4, 0.5) is 5.69 Å². The van der Waals surface area contributed by atoms with Crippen molar-refractivity contribution in [3.05, 3.63) is 58.1 Å². The highest BCUT2D eigenvalue weighted by Crippen LogP contribution is 2.25. The average molecular weight is 395 g/mol. The van der Waals surface area contributed by atoms with Crippen LogP contribution in [0.1, 0.15) is 23.7 Å². The quantitative estimate of drug-likeness (QED) is 0.752. The maximum atomic E-state index is 12.7. The van der Waals surface area contributed by atoms with E-state index in [2.05, 4.69) is 5.32 Å². The first-order valence-corrected chi connectivity index (χ1v) is 8.88. The van der Waals surface area contributed by atoms with Gasteiger partial charge in [-0.1, -0.05) is 30.1 Å². The molecule has 1 N–H and O–H groups in total. The van der Waals surface area contributed by atoms with Gasteiger partial charge in [-0.25, -0.2) is 0 Å². The average Bonchev–Trinajstić information content (AvgIpc) is 2.64. The minimum Gasteiger partial charge on any atom is -0.497 e. The van der Waals surface area contributed by atoms with Crippen LogP contribution in [0.3, 0.4) is 0 Å². The second-order valence-electron chi connectivity index (χ2n) is 5.63. The Kier molecular flexibility index (Phi) is 7.30. The molecule has 0 fully saturated rings. The zero-order chi connectivity index (χ0) is 19.1. The fourth-order valence-corrected chi connectivity index (χ4v) is 2.73. The maximum Gasteiger partial charge on any atom is 0.254 e. The summed E-state index contributed by atoms with van der Waals surface area (Å²) in [6.45, 7) is 2.32. The predicted octanol–water partition coefficient (Wildman–Crippen LogP) is 4.49. The number of rotatable bonds is 7. The van der Waals surface area contributed by atoms with E-state index in [-0.39, 0.29) is 18.4 Å². The van der Waals surface area contributed by atoms with Gasteiger partial charge in [-0.3, -0.25) is 9.59 Å². The second kappa shape index (κ2) is 9.46. The molecule has 0 unspecified atom stereocenters. The molecule has 26 heavy (non-hydrogen) atoms. The molecule has 0 aliphatic carbocycles. The van der Waals surface area contributed by atoms with E-state index in [1.54, 1.807) is 49.6 Å². The van der Waals surface area contributed by atoms with Crippen LogP contribution in [0.15, 0.2) is 42.5 Å². The fourth-order valence-electron chi connectivity index (χ4n) is 2.39. The lowest BCUT2D eigenvalue weighted by Gasteiger charge is -2.22. The van der Waals surface area contributed by atoms with E-state index in [1.807, 2.05) is 6.92 Å². The Morgan fingerprint density at radius 1 is 1.12 bits per heavy atom. The Bertz CT molecular complexity index is 779. The Hall–Kier alpha value is -2.24. The number of benzene rings is 2. The molecule has 0 bridgehead atoms. The third kappa shape index (κ3) is 5.38. The monoisotopic (exact) mass is 394 g/mol. The number of nitrogens with zero attached hydrogens (tertiary/aromatic N) is 1. The van der Waals surface area contributed by atoms with E-state index in [0.29, 0.717) is 33.6 Å². The van der Waals surface area contributed by atoms with E-state index in [4.69, 9.17) is 27.9 Å². The summed E-state index contributed by atoms with van der Waals surface area (Å²) in [6.07, 6.45) is 0.729. The van der Waals surface area contributed by atoms with Crippen LogP contribution in [0, 0.1) is 0 Å². The molecule has 5 nitrogen and oxygen atoms in total. The lowest BCUT2D eigenvalue weighted by atomic mass is 10.2. The summed E-state index contributed by atoms with van der Waals surface area (Å²) in [7, 11) is 1.56. The SMILES string of the molecule is CCCN(CC(=O)Nc1cc(Cl)ccc1Cl)C(=O)c1ccc(OC)cc1. The van der Waals surface area contributed by atoms with E-state index in [9.17, 15) is 9.59 Å². The number of hydrogen-bond acceptors (Lipinski definition) is 3. The van der Waals surface area contributed by atoms with E-state index >= 15 is 0 Å². The molecule has 0 saturated heterocycles. The van der Waals surface area contributed by atoms with Gasteiger partial charge in [0, 0.05) is 17.1 Å². The number of halogens is 2. The molecular weight excluding hydrogens is 375 g/mol. The highest BCUT2D eigenvalue weighted by molar-refractivity contribution is 6.35. The Morgan fingerprint density at radius 3 is 2.42 bits per heavy atom. The minimum absolute atomic E-state index is 0.0818. The van der Waals surface area contributed by atoms with Gasteiger partial charge in [0.05, 0.1) is 17.8 Å². The van der Waals surface area contributed by atoms with Crippen LogP contribution in [0.2, 0.25) is 10.0 Å². The summed E-state index contributed by atoms with van der Waals surface area (Å²) < 4.78 is 5.10. The minimum atomic E-state index is -0.343. The second-order valence-corrected chi connectivity index (χ2v) is 6.47. The van der Waals surface area contributed by atoms with Crippen LogP contribution in [0.25, 0.3) is 0 Å². The maximum absolute atomic E-state index is 12.7. The van der Waals surface area contributed by atoms with Gasteiger partial charge < -0.3 is 15.0 Å². The van der Waals surface area contributed by atoms with Crippen LogP contribution in [-0.4, -0.2) is 36.9 Å². The van der Waals surface area contributed by atoms with Crippen molar-refractivity contribution in [3.8, 4) is 5.75 Å². The number of amides is 2. The standard InChI is InChI=1S/C19H20Cl2N2O3/c1-3-10-23(19(25)13-4-7-15(26-2)8-5-13)12-18(24)22-17-11-14(20)6-9-16(17)21/h4-9,11H,3,10,12H2,1-2H3,(H,22,24). The number of nitrogens with one attached hydrogen (secondary N) is 1. The van der Waals surface area contributed by atoms with Gasteiger partial charge in [-0.05, 0) is 48.9 Å². The number of hydrogen-bond donors (Lipinski definition) is 1. The summed E-state index contributed by atoms with van der Waals surface area (Å²) in [5, 5.41) is 3.54. The number of carbonyl (C=O) groups excluding carboxylic acids is 2. The summed E-state index contributed by atoms with van der Waals surface area (Å²) >= 11 is 12.0. The van der Waals surface area contributed by atoms with Crippen LogP contribution in [0.5, 0.6) is 5.75 Å². The largest absolute Gasteiger partial charge is 0.497 e. The predicted molar refractivity (Wildman–Crippen MR) is 104 cm³/mol. The van der Waals surface area contributed by atoms with Gasteiger partial charge in [0.15, 0.2) is 0 Å². The van der Waals surface area contributed by atoms with E-state index in [1.165, 1.54) is 4.90 Å². The third-order valence-corrected chi connectivity index (χ3v) is 4.22. The Balaban J connectivity index is 2.09. The van der Waals surface area contributed by atoms with Gasteiger partial charge in [0.1, 0.15) is 12.3 Å². The van der Waals surface area contributed by atoms with Crippen molar-refractivity contribution < 1.29 is 14.3 Å². The highest BCUT2D eigenvalue weighted by Gasteiger charge is 2.19. The molecule has 138 valence electrons. The van der Waals surface area contributed by atoms with Crippen LogP contribution in [-0.2, 0) is 4.79 Å². The van der Waals surface area contributed by atoms with E-state index < -0.39 is 0 Å². The first-order valence-electron chi connectivity index (χ1n) is 8.12. The molecule has 0 spiro atoms.